The molecule has 0 aromatic heterocycles. The lowest BCUT2D eigenvalue weighted by Crippen LogP contribution is -2.28. The van der Waals surface area contributed by atoms with Crippen molar-refractivity contribution in [2.45, 2.75) is 26.2 Å². The summed E-state index contributed by atoms with van der Waals surface area (Å²) >= 11 is 0. The summed E-state index contributed by atoms with van der Waals surface area (Å²) < 4.78 is 10.0. The highest BCUT2D eigenvalue weighted by molar-refractivity contribution is 5.88. The van der Waals surface area contributed by atoms with Gasteiger partial charge in [0.2, 0.25) is 0 Å². The van der Waals surface area contributed by atoms with E-state index in [1.165, 1.54) is 12.1 Å². The van der Waals surface area contributed by atoms with Gasteiger partial charge >= 0.3 is 11.9 Å². The van der Waals surface area contributed by atoms with Gasteiger partial charge in [-0.1, -0.05) is 6.07 Å². The third-order valence-corrected chi connectivity index (χ3v) is 3.65. The lowest BCUT2D eigenvalue weighted by atomic mass is 9.92. The first kappa shape index (κ1) is 15.9. The molecule has 2 unspecified atom stereocenters. The van der Waals surface area contributed by atoms with Gasteiger partial charge in [0.05, 0.1) is 30.0 Å². The average molecular weight is 307 g/mol. The molecule has 1 aromatic rings. The van der Waals surface area contributed by atoms with E-state index >= 15 is 0 Å². The van der Waals surface area contributed by atoms with Crippen molar-refractivity contribution >= 4 is 17.6 Å². The number of carbonyl (C=O) groups is 2. The molecular formula is C15H17NO6. The van der Waals surface area contributed by atoms with Gasteiger partial charge in [0, 0.05) is 12.1 Å². The van der Waals surface area contributed by atoms with Gasteiger partial charge in [-0.25, -0.2) is 0 Å². The van der Waals surface area contributed by atoms with Gasteiger partial charge in [-0.15, -0.1) is 0 Å². The van der Waals surface area contributed by atoms with Crippen molar-refractivity contribution in [1.29, 1.82) is 0 Å². The molecule has 7 heteroatoms. The second kappa shape index (κ2) is 6.55. The van der Waals surface area contributed by atoms with Gasteiger partial charge in [-0.05, 0) is 31.4 Å². The Labute approximate surface area is 127 Å². The zero-order valence-corrected chi connectivity index (χ0v) is 12.4. The van der Waals surface area contributed by atoms with E-state index in [9.17, 15) is 19.7 Å². The second-order valence-electron chi connectivity index (χ2n) is 4.93. The van der Waals surface area contributed by atoms with Crippen LogP contribution in [0.2, 0.25) is 0 Å². The molecule has 0 saturated heterocycles. The molecule has 0 fully saturated rings. The van der Waals surface area contributed by atoms with E-state index in [4.69, 9.17) is 9.47 Å². The van der Waals surface area contributed by atoms with E-state index in [0.29, 0.717) is 12.0 Å². The van der Waals surface area contributed by atoms with E-state index in [1.54, 1.807) is 19.9 Å². The highest BCUT2D eigenvalue weighted by atomic mass is 16.6. The Balaban J connectivity index is 2.42. The van der Waals surface area contributed by atoms with Crippen molar-refractivity contribution in [2.24, 2.45) is 5.92 Å². The van der Waals surface area contributed by atoms with Gasteiger partial charge in [-0.3, -0.25) is 19.7 Å². The lowest BCUT2D eigenvalue weighted by Gasteiger charge is -2.17. The minimum Gasteiger partial charge on any atom is -0.466 e. The minimum atomic E-state index is -0.853. The first-order valence-electron chi connectivity index (χ1n) is 7.10. The molecule has 0 N–H and O–H groups in total. The summed E-state index contributed by atoms with van der Waals surface area (Å²) in [6.45, 7) is 3.74. The average Bonchev–Trinajstić information content (AvgIpc) is 2.86. The number of benzene rings is 1. The monoisotopic (exact) mass is 307 g/mol. The van der Waals surface area contributed by atoms with Crippen LogP contribution in [0.3, 0.4) is 0 Å². The maximum atomic E-state index is 12.2. The Hall–Kier alpha value is -2.44. The third-order valence-electron chi connectivity index (χ3n) is 3.65. The van der Waals surface area contributed by atoms with E-state index in [1.807, 2.05) is 0 Å². The van der Waals surface area contributed by atoms with Crippen LogP contribution in [0.4, 0.5) is 5.69 Å². The summed E-state index contributed by atoms with van der Waals surface area (Å²) in [7, 11) is 0. The fourth-order valence-electron chi connectivity index (χ4n) is 2.73. The SMILES string of the molecule is CCOC(=O)C1Cc2ccc([N+](=O)[O-])cc2C1C(=O)OCC. The van der Waals surface area contributed by atoms with E-state index in [-0.39, 0.29) is 18.9 Å². The smallest absolute Gasteiger partial charge is 0.314 e. The molecule has 1 aliphatic rings. The van der Waals surface area contributed by atoms with E-state index in [0.717, 1.165) is 5.56 Å². The number of fused-ring (bicyclic) bond motifs is 1. The number of nitro benzene ring substituents is 1. The van der Waals surface area contributed by atoms with E-state index in [2.05, 4.69) is 0 Å². The largest absolute Gasteiger partial charge is 0.466 e. The molecule has 1 aliphatic carbocycles. The standard InChI is InChI=1S/C15H17NO6/c1-3-21-14(17)12-7-9-5-6-10(16(19)20)8-11(9)13(12)15(18)22-4-2/h5-6,8,12-13H,3-4,7H2,1-2H3. The van der Waals surface area contributed by atoms with Crippen molar-refractivity contribution in [1.82, 2.24) is 0 Å². The lowest BCUT2D eigenvalue weighted by molar-refractivity contribution is -0.384. The minimum absolute atomic E-state index is 0.113. The van der Waals surface area contributed by atoms with Crippen LogP contribution >= 0.6 is 0 Å². The summed E-state index contributed by atoms with van der Waals surface area (Å²) in [6, 6.07) is 4.30. The molecule has 0 amide bonds. The molecular weight excluding hydrogens is 290 g/mol. The van der Waals surface area contributed by atoms with Gasteiger partial charge in [0.25, 0.3) is 5.69 Å². The van der Waals surface area contributed by atoms with Crippen LogP contribution in [-0.2, 0) is 25.5 Å². The molecule has 0 aliphatic heterocycles. The number of nitro groups is 1. The van der Waals surface area contributed by atoms with Crippen molar-refractivity contribution in [3.63, 3.8) is 0 Å². The molecule has 2 rings (SSSR count). The molecule has 0 bridgehead atoms. The number of nitrogens with zero attached hydrogens (tertiary/aromatic N) is 1. The molecule has 0 saturated carbocycles. The number of hydrogen-bond donors (Lipinski definition) is 0. The molecule has 0 radical (unpaired) electrons. The Morgan fingerprint density at radius 1 is 1.23 bits per heavy atom. The predicted octanol–water partition coefficient (Wildman–Crippen LogP) is 1.98. The maximum Gasteiger partial charge on any atom is 0.314 e. The summed E-state index contributed by atoms with van der Waals surface area (Å²) in [5, 5.41) is 10.9. The first-order valence-corrected chi connectivity index (χ1v) is 7.10. The van der Waals surface area contributed by atoms with Gasteiger partial charge in [0.15, 0.2) is 0 Å². The number of non-ortho nitro benzene ring substituents is 1. The number of carbonyl (C=O) groups excluding carboxylic acids is 2. The zero-order chi connectivity index (χ0) is 16.3. The molecule has 2 atom stereocenters. The van der Waals surface area contributed by atoms with Gasteiger partial charge in [-0.2, -0.15) is 0 Å². The molecule has 1 aromatic carbocycles. The van der Waals surface area contributed by atoms with Gasteiger partial charge in [0.1, 0.15) is 0 Å². The van der Waals surface area contributed by atoms with Crippen LogP contribution in [-0.4, -0.2) is 30.1 Å². The number of esters is 2. The van der Waals surface area contributed by atoms with Crippen molar-refractivity contribution in [2.75, 3.05) is 13.2 Å². The molecule has 22 heavy (non-hydrogen) atoms. The van der Waals surface area contributed by atoms with Crippen LogP contribution in [0, 0.1) is 16.0 Å². The normalized spacial score (nSPS) is 19.4. The number of ether oxygens (including phenoxy) is 2. The molecule has 118 valence electrons. The topological polar surface area (TPSA) is 95.7 Å². The summed E-state index contributed by atoms with van der Waals surface area (Å²) in [6.07, 6.45) is 0.315. The Morgan fingerprint density at radius 2 is 1.86 bits per heavy atom. The van der Waals surface area contributed by atoms with E-state index < -0.39 is 28.7 Å². The van der Waals surface area contributed by atoms with Crippen LogP contribution in [0.25, 0.3) is 0 Å². The van der Waals surface area contributed by atoms with Crippen molar-refractivity contribution < 1.29 is 24.0 Å². The highest BCUT2D eigenvalue weighted by Gasteiger charge is 2.44. The van der Waals surface area contributed by atoms with Gasteiger partial charge < -0.3 is 9.47 Å². The zero-order valence-electron chi connectivity index (χ0n) is 12.4. The quantitative estimate of drug-likeness (QED) is 0.469. The van der Waals surface area contributed by atoms with Crippen molar-refractivity contribution in [3.8, 4) is 0 Å². The molecule has 7 nitrogen and oxygen atoms in total. The van der Waals surface area contributed by atoms with Crippen LogP contribution in [0.15, 0.2) is 18.2 Å². The Kier molecular flexibility index (Phi) is 4.75. The maximum absolute atomic E-state index is 12.2. The van der Waals surface area contributed by atoms with Crippen molar-refractivity contribution in [3.05, 3.63) is 39.4 Å². The number of hydrogen-bond acceptors (Lipinski definition) is 6. The predicted molar refractivity (Wildman–Crippen MR) is 76.3 cm³/mol. The van der Waals surface area contributed by atoms with Crippen LogP contribution < -0.4 is 0 Å². The summed E-state index contributed by atoms with van der Waals surface area (Å²) in [5.41, 5.74) is 1.10. The fourth-order valence-corrected chi connectivity index (χ4v) is 2.73. The third kappa shape index (κ3) is 2.93. The van der Waals surface area contributed by atoms with Crippen LogP contribution in [0.1, 0.15) is 30.9 Å². The highest BCUT2D eigenvalue weighted by Crippen LogP contribution is 2.41. The Morgan fingerprint density at radius 3 is 2.45 bits per heavy atom. The number of rotatable bonds is 5. The fraction of sp³-hybridized carbons (Fsp3) is 0.467. The second-order valence-corrected chi connectivity index (χ2v) is 4.93. The molecule has 0 spiro atoms. The van der Waals surface area contributed by atoms with Crippen LogP contribution in [0.5, 0.6) is 0 Å². The first-order chi connectivity index (χ1) is 10.5. The summed E-state index contributed by atoms with van der Waals surface area (Å²) in [4.78, 5) is 34.7. The summed E-state index contributed by atoms with van der Waals surface area (Å²) in [5.74, 6) is -2.59. The Bertz CT molecular complexity index is 612. The molecule has 0 heterocycles.